The van der Waals surface area contributed by atoms with E-state index in [0.29, 0.717) is 18.1 Å². The first-order valence-corrected chi connectivity index (χ1v) is 22.1. The highest BCUT2D eigenvalue weighted by molar-refractivity contribution is 5.31. The Hall–Kier alpha value is -6.09. The highest BCUT2D eigenvalue weighted by Crippen LogP contribution is 2.33. The summed E-state index contributed by atoms with van der Waals surface area (Å²) in [6.45, 7) is 0.576. The quantitative estimate of drug-likeness (QED) is 0.0317. The van der Waals surface area contributed by atoms with Crippen LogP contribution in [0.5, 0.6) is 11.5 Å². The summed E-state index contributed by atoms with van der Waals surface area (Å²) in [5, 5.41) is 15.4. The summed E-state index contributed by atoms with van der Waals surface area (Å²) in [6.07, 6.45) is -6.63. The Balaban J connectivity index is 1.25. The first-order valence-electron chi connectivity index (χ1n) is 22.1. The summed E-state index contributed by atoms with van der Waals surface area (Å²) in [6, 6.07) is 54.7. The van der Waals surface area contributed by atoms with E-state index >= 15 is 0 Å². The van der Waals surface area contributed by atoms with Crippen molar-refractivity contribution in [1.82, 2.24) is 0 Å². The van der Waals surface area contributed by atoms with Gasteiger partial charge >= 0.3 is 0 Å². The van der Waals surface area contributed by atoms with E-state index in [1.165, 1.54) is 0 Å². The zero-order valence-electron chi connectivity index (χ0n) is 37.0. The van der Waals surface area contributed by atoms with Gasteiger partial charge in [-0.05, 0) is 57.6 Å². The smallest absolute Gasteiger partial charge is 0.169 e. The molecule has 1 saturated heterocycles. The largest absolute Gasteiger partial charge is 0.497 e. The second-order valence-electron chi connectivity index (χ2n) is 15.7. The Morgan fingerprint density at radius 3 is 1.55 bits per heavy atom. The lowest BCUT2D eigenvalue weighted by molar-refractivity contribution is -0.309. The molecule has 1 aliphatic heterocycles. The number of rotatable bonds is 26. The number of nitrogens with zero attached hydrogens (tertiary/aromatic N) is 3. The average Bonchev–Trinajstić information content (AvgIpc) is 3.37. The van der Waals surface area contributed by atoms with E-state index in [9.17, 15) is 10.6 Å². The van der Waals surface area contributed by atoms with Crippen molar-refractivity contribution in [3.63, 3.8) is 0 Å². The van der Waals surface area contributed by atoms with Gasteiger partial charge in [0.05, 0.1) is 53.4 Å². The average molecular weight is 896 g/mol. The van der Waals surface area contributed by atoms with Crippen LogP contribution in [0.1, 0.15) is 27.8 Å². The lowest BCUT2D eigenvalue weighted by Gasteiger charge is -2.46. The van der Waals surface area contributed by atoms with E-state index in [2.05, 4.69) is 10.0 Å². The minimum atomic E-state index is -1.26. The fourth-order valence-corrected chi connectivity index (χ4v) is 7.60. The molecule has 0 unspecified atom stereocenters. The van der Waals surface area contributed by atoms with E-state index in [0.717, 1.165) is 27.8 Å². The first kappa shape index (κ1) is 47.9. The van der Waals surface area contributed by atoms with Gasteiger partial charge in [0.2, 0.25) is 0 Å². The third kappa shape index (κ3) is 14.5. The Labute approximate surface area is 386 Å². The van der Waals surface area contributed by atoms with E-state index in [1.54, 1.807) is 31.4 Å². The van der Waals surface area contributed by atoms with Crippen LogP contribution in [0.15, 0.2) is 181 Å². The molecule has 0 radical (unpaired) electrons. The molecular formula is C53H57N3O10. The van der Waals surface area contributed by atoms with Crippen LogP contribution in [-0.2, 0) is 66.2 Å². The van der Waals surface area contributed by atoms with E-state index in [4.69, 9.17) is 42.6 Å². The number of methoxy groups -OCH3 is 1. The van der Waals surface area contributed by atoms with Crippen LogP contribution >= 0.6 is 0 Å². The van der Waals surface area contributed by atoms with Crippen LogP contribution in [0.25, 0.3) is 10.4 Å². The van der Waals surface area contributed by atoms with Gasteiger partial charge in [0.1, 0.15) is 60.8 Å². The van der Waals surface area contributed by atoms with Gasteiger partial charge < -0.3 is 47.7 Å². The van der Waals surface area contributed by atoms with Crippen molar-refractivity contribution < 1.29 is 47.7 Å². The van der Waals surface area contributed by atoms with Crippen molar-refractivity contribution in [3.8, 4) is 11.5 Å². The number of ether oxygens (including phenoxy) is 9. The standard InChI is InChI=1S/C53H57N3O10/c1-58-44-27-29-45(30-28-44)60-38-48(50(62-34-41-21-11-4-12-22-41)46(31-57)61-33-40-19-9-3-10-20-40)66-53-49(55-56-54)52(64-36-43-25-15-6-16-26-43)51(63-35-42-23-13-5-14-24-42)47(65-53)37-59-32-39-17-7-2-8-18-39/h2-30,46-53,57H,31-38H2,1H3/t46-,47+,48+,49+,50-,51+,52+,53-/m0/s1. The van der Waals surface area contributed by atoms with E-state index in [-0.39, 0.29) is 39.6 Å². The molecular weight excluding hydrogens is 839 g/mol. The SMILES string of the molecule is COc1ccc(OC[C@@H](O[C@@H]2O[C@H](COCc3ccccc3)[C@@H](OCc3ccccc3)[C@H](OCc3ccccc3)[C@H]2N=[N+]=[N-])[C@@H](OCc2ccccc2)[C@H](CO)OCc2ccccc2)cc1. The number of benzene rings is 6. The normalized spacial score (nSPS) is 19.5. The minimum Gasteiger partial charge on any atom is -0.497 e. The van der Waals surface area contributed by atoms with Gasteiger partial charge in [-0.2, -0.15) is 0 Å². The topological polar surface area (TPSA) is 152 Å². The highest BCUT2D eigenvalue weighted by Gasteiger charge is 2.50. The van der Waals surface area contributed by atoms with E-state index < -0.39 is 55.6 Å². The molecule has 66 heavy (non-hydrogen) atoms. The fraction of sp³-hybridized carbons (Fsp3) is 0.321. The van der Waals surface area contributed by atoms with Crippen molar-refractivity contribution in [2.24, 2.45) is 5.11 Å². The molecule has 0 amide bonds. The lowest BCUT2D eigenvalue weighted by Crippen LogP contribution is -2.62. The Kier molecular flexibility index (Phi) is 19.0. The third-order valence-corrected chi connectivity index (χ3v) is 11.1. The molecule has 13 heteroatoms. The van der Waals surface area contributed by atoms with Crippen molar-refractivity contribution >= 4 is 0 Å². The molecule has 1 fully saturated rings. The van der Waals surface area contributed by atoms with Gasteiger partial charge in [-0.1, -0.05) is 157 Å². The summed E-state index contributed by atoms with van der Waals surface area (Å²) in [4.78, 5) is 3.31. The van der Waals surface area contributed by atoms with Crippen molar-refractivity contribution in [3.05, 3.63) is 214 Å². The number of aliphatic hydroxyl groups is 1. The van der Waals surface area contributed by atoms with Crippen LogP contribution in [-0.4, -0.2) is 81.0 Å². The predicted molar refractivity (Wildman–Crippen MR) is 248 cm³/mol. The first-order chi connectivity index (χ1) is 32.6. The molecule has 7 rings (SSSR count). The Morgan fingerprint density at radius 2 is 1.05 bits per heavy atom. The molecule has 1 heterocycles. The maximum atomic E-state index is 11.1. The zero-order valence-corrected chi connectivity index (χ0v) is 37.0. The van der Waals surface area contributed by atoms with Crippen LogP contribution < -0.4 is 9.47 Å². The zero-order chi connectivity index (χ0) is 45.6. The van der Waals surface area contributed by atoms with Crippen LogP contribution in [0.3, 0.4) is 0 Å². The van der Waals surface area contributed by atoms with Crippen molar-refractivity contribution in [2.75, 3.05) is 26.9 Å². The summed E-state index contributed by atoms with van der Waals surface area (Å²) in [5.74, 6) is 1.19. The number of aliphatic hydroxyl groups excluding tert-OH is 1. The Bertz CT molecular complexity index is 2290. The molecule has 0 spiro atoms. The number of azide groups is 1. The van der Waals surface area contributed by atoms with Gasteiger partial charge in [-0.3, -0.25) is 0 Å². The summed E-state index contributed by atoms with van der Waals surface area (Å²) in [5.41, 5.74) is 14.8. The van der Waals surface area contributed by atoms with Gasteiger partial charge in [-0.15, -0.1) is 0 Å². The van der Waals surface area contributed by atoms with Gasteiger partial charge in [0.15, 0.2) is 6.29 Å². The molecule has 1 N–H and O–H groups in total. The fourth-order valence-electron chi connectivity index (χ4n) is 7.60. The molecule has 13 nitrogen and oxygen atoms in total. The van der Waals surface area contributed by atoms with Gasteiger partial charge in [0, 0.05) is 4.91 Å². The third-order valence-electron chi connectivity index (χ3n) is 11.1. The minimum absolute atomic E-state index is 0.0722. The molecule has 1 aliphatic rings. The summed E-state index contributed by atoms with van der Waals surface area (Å²) >= 11 is 0. The maximum absolute atomic E-state index is 11.1. The molecule has 0 saturated carbocycles. The summed E-state index contributed by atoms with van der Waals surface area (Å²) < 4.78 is 58.8. The molecule has 8 atom stereocenters. The monoisotopic (exact) mass is 895 g/mol. The van der Waals surface area contributed by atoms with Gasteiger partial charge in [0.25, 0.3) is 0 Å². The molecule has 344 valence electrons. The number of hydrogen-bond acceptors (Lipinski definition) is 11. The second-order valence-corrected chi connectivity index (χ2v) is 15.7. The maximum Gasteiger partial charge on any atom is 0.169 e. The van der Waals surface area contributed by atoms with Crippen LogP contribution in [0, 0.1) is 0 Å². The second kappa shape index (κ2) is 26.2. The molecule has 0 aromatic heterocycles. The van der Waals surface area contributed by atoms with Crippen LogP contribution in [0.4, 0.5) is 0 Å². The van der Waals surface area contributed by atoms with Gasteiger partial charge in [-0.25, -0.2) is 0 Å². The van der Waals surface area contributed by atoms with Crippen molar-refractivity contribution in [1.29, 1.82) is 0 Å². The lowest BCUT2D eigenvalue weighted by atomic mass is 9.96. The van der Waals surface area contributed by atoms with Crippen LogP contribution in [0.2, 0.25) is 0 Å². The predicted octanol–water partition coefficient (Wildman–Crippen LogP) is 9.41. The summed E-state index contributed by atoms with van der Waals surface area (Å²) in [7, 11) is 1.59. The molecule has 0 aliphatic carbocycles. The Morgan fingerprint density at radius 1 is 0.576 bits per heavy atom. The number of hydrogen-bond donors (Lipinski definition) is 1. The van der Waals surface area contributed by atoms with E-state index in [1.807, 2.05) is 152 Å². The molecule has 6 aromatic rings. The molecule has 0 bridgehead atoms. The highest BCUT2D eigenvalue weighted by atomic mass is 16.7. The van der Waals surface area contributed by atoms with Crippen molar-refractivity contribution in [2.45, 2.75) is 82.0 Å². The molecule has 6 aromatic carbocycles.